The quantitative estimate of drug-likeness (QED) is 0.666. The van der Waals surface area contributed by atoms with Crippen LogP contribution in [0.4, 0.5) is 0 Å². The second-order valence-electron chi connectivity index (χ2n) is 4.17. The maximum Gasteiger partial charge on any atom is 0.218 e. The number of aliphatic imine (C=N–C) groups is 1. The summed E-state index contributed by atoms with van der Waals surface area (Å²) in [4.78, 5) is 10.8. The van der Waals surface area contributed by atoms with Crippen LogP contribution in [0.1, 0.15) is 12.5 Å². The molecule has 0 unspecified atom stereocenters. The molecule has 0 spiro atoms. The number of nitrogens with two attached hydrogens (primary N) is 1. The predicted molar refractivity (Wildman–Crippen MR) is 79.6 cm³/mol. The van der Waals surface area contributed by atoms with Crippen LogP contribution in [-0.4, -0.2) is 47.0 Å². The third kappa shape index (κ3) is 4.02. The van der Waals surface area contributed by atoms with Gasteiger partial charge in [-0.1, -0.05) is 6.07 Å². The van der Waals surface area contributed by atoms with Gasteiger partial charge in [-0.2, -0.15) is 11.8 Å². The van der Waals surface area contributed by atoms with Gasteiger partial charge in [-0.05, 0) is 13.0 Å². The summed E-state index contributed by atoms with van der Waals surface area (Å²) in [6.07, 6.45) is 1.73. The Morgan fingerprint density at radius 2 is 2.32 bits per heavy atom. The molecule has 2 N–H and O–H groups in total. The molecule has 2 heterocycles. The van der Waals surface area contributed by atoms with E-state index in [1.54, 1.807) is 6.20 Å². The molecule has 0 amide bonds. The van der Waals surface area contributed by atoms with Gasteiger partial charge >= 0.3 is 0 Å². The highest BCUT2D eigenvalue weighted by Crippen LogP contribution is 2.15. The minimum Gasteiger partial charge on any atom is -0.478 e. The number of rotatable bonds is 4. The van der Waals surface area contributed by atoms with Gasteiger partial charge in [0, 0.05) is 36.4 Å². The van der Waals surface area contributed by atoms with Crippen molar-refractivity contribution in [2.24, 2.45) is 10.7 Å². The van der Waals surface area contributed by atoms with Crippen LogP contribution in [0.3, 0.4) is 0 Å². The summed E-state index contributed by atoms with van der Waals surface area (Å²) in [7, 11) is 0. The molecule has 1 aliphatic heterocycles. The van der Waals surface area contributed by atoms with Gasteiger partial charge < -0.3 is 15.4 Å². The van der Waals surface area contributed by atoms with E-state index >= 15 is 0 Å². The number of hydrogen-bond acceptors (Lipinski definition) is 4. The summed E-state index contributed by atoms with van der Waals surface area (Å²) in [5, 5.41) is 0. The molecule has 0 aromatic carbocycles. The van der Waals surface area contributed by atoms with Gasteiger partial charge in [-0.3, -0.25) is 0 Å². The van der Waals surface area contributed by atoms with Crippen LogP contribution >= 0.6 is 11.8 Å². The molecule has 0 bridgehead atoms. The fraction of sp³-hybridized carbons (Fsp3) is 0.538. The van der Waals surface area contributed by atoms with Crippen LogP contribution in [-0.2, 0) is 6.54 Å². The largest absolute Gasteiger partial charge is 0.478 e. The van der Waals surface area contributed by atoms with Crippen LogP contribution in [0.25, 0.3) is 0 Å². The molecule has 1 aromatic heterocycles. The molecule has 1 aromatic rings. The monoisotopic (exact) mass is 280 g/mol. The van der Waals surface area contributed by atoms with Crippen molar-refractivity contribution >= 4 is 17.7 Å². The first kappa shape index (κ1) is 14.0. The van der Waals surface area contributed by atoms with E-state index in [2.05, 4.69) is 14.9 Å². The van der Waals surface area contributed by atoms with Crippen molar-refractivity contribution in [2.45, 2.75) is 13.5 Å². The molecule has 1 aliphatic rings. The number of aromatic nitrogens is 1. The van der Waals surface area contributed by atoms with Crippen molar-refractivity contribution in [2.75, 3.05) is 31.2 Å². The lowest BCUT2D eigenvalue weighted by Gasteiger charge is -2.27. The molecule has 6 heteroatoms. The Morgan fingerprint density at radius 1 is 1.53 bits per heavy atom. The maximum absolute atomic E-state index is 6.03. The minimum atomic E-state index is 0.513. The Bertz CT molecular complexity index is 432. The highest BCUT2D eigenvalue weighted by molar-refractivity contribution is 7.99. The third-order valence-corrected chi connectivity index (χ3v) is 3.82. The normalized spacial score (nSPS) is 16.5. The predicted octanol–water partition coefficient (Wildman–Crippen LogP) is 1.34. The first-order valence-electron chi connectivity index (χ1n) is 6.50. The van der Waals surface area contributed by atoms with Crippen molar-refractivity contribution < 1.29 is 4.74 Å². The number of ether oxygens (including phenoxy) is 1. The summed E-state index contributed by atoms with van der Waals surface area (Å²) < 4.78 is 5.48. The second-order valence-corrected chi connectivity index (χ2v) is 5.40. The van der Waals surface area contributed by atoms with Gasteiger partial charge in [0.2, 0.25) is 5.88 Å². The van der Waals surface area contributed by atoms with Crippen LogP contribution in [0, 0.1) is 0 Å². The lowest BCUT2D eigenvalue weighted by atomic mass is 10.3. The average Bonchev–Trinajstić information content (AvgIpc) is 2.47. The van der Waals surface area contributed by atoms with Gasteiger partial charge in [0.15, 0.2) is 5.96 Å². The molecule has 0 aliphatic carbocycles. The van der Waals surface area contributed by atoms with Crippen molar-refractivity contribution in [3.05, 3.63) is 23.9 Å². The SMILES string of the molecule is CCOc1ncccc1CN=C(N)N1CCSCC1. The number of hydrogen-bond donors (Lipinski definition) is 1. The Morgan fingerprint density at radius 3 is 3.05 bits per heavy atom. The van der Waals surface area contributed by atoms with Gasteiger partial charge in [0.05, 0.1) is 13.2 Å². The average molecular weight is 280 g/mol. The molecular formula is C13H20N4OS. The number of guanidine groups is 1. The van der Waals surface area contributed by atoms with Gasteiger partial charge in [-0.15, -0.1) is 0 Å². The van der Waals surface area contributed by atoms with Crippen LogP contribution in [0.5, 0.6) is 5.88 Å². The molecule has 1 fully saturated rings. The summed E-state index contributed by atoms with van der Waals surface area (Å²) in [6.45, 7) is 5.02. The van der Waals surface area contributed by atoms with Crippen molar-refractivity contribution in [3.63, 3.8) is 0 Å². The number of thioether (sulfide) groups is 1. The first-order valence-corrected chi connectivity index (χ1v) is 7.66. The Hall–Kier alpha value is -1.43. The summed E-state index contributed by atoms with van der Waals surface area (Å²) in [6, 6.07) is 3.86. The van der Waals surface area contributed by atoms with Crippen LogP contribution in [0.2, 0.25) is 0 Å². The van der Waals surface area contributed by atoms with Crippen molar-refractivity contribution in [1.82, 2.24) is 9.88 Å². The molecule has 0 atom stereocenters. The molecular weight excluding hydrogens is 260 g/mol. The lowest BCUT2D eigenvalue weighted by molar-refractivity contribution is 0.323. The zero-order chi connectivity index (χ0) is 13.5. The van der Waals surface area contributed by atoms with E-state index in [4.69, 9.17) is 10.5 Å². The third-order valence-electron chi connectivity index (χ3n) is 2.88. The van der Waals surface area contributed by atoms with E-state index in [9.17, 15) is 0 Å². The Kier molecular flexibility index (Phi) is 5.32. The minimum absolute atomic E-state index is 0.513. The summed E-state index contributed by atoms with van der Waals surface area (Å²) >= 11 is 1.96. The number of nitrogens with zero attached hydrogens (tertiary/aromatic N) is 3. The topological polar surface area (TPSA) is 63.7 Å². The molecule has 0 saturated carbocycles. The van der Waals surface area contributed by atoms with E-state index < -0.39 is 0 Å². The summed E-state index contributed by atoms with van der Waals surface area (Å²) in [5.41, 5.74) is 7.00. The van der Waals surface area contributed by atoms with E-state index in [1.165, 1.54) is 0 Å². The fourth-order valence-electron chi connectivity index (χ4n) is 1.87. The molecule has 2 rings (SSSR count). The standard InChI is InChI=1S/C13H20N4OS/c1-2-18-12-11(4-3-5-15-12)10-16-13(14)17-6-8-19-9-7-17/h3-5H,2,6-10H2,1H3,(H2,14,16). The van der Waals surface area contributed by atoms with E-state index in [0.29, 0.717) is 25.0 Å². The maximum atomic E-state index is 6.03. The van der Waals surface area contributed by atoms with E-state index in [1.807, 2.05) is 30.8 Å². The smallest absolute Gasteiger partial charge is 0.218 e. The first-order chi connectivity index (χ1) is 9.31. The zero-order valence-electron chi connectivity index (χ0n) is 11.2. The van der Waals surface area contributed by atoms with E-state index in [-0.39, 0.29) is 0 Å². The van der Waals surface area contributed by atoms with Gasteiger partial charge in [-0.25, -0.2) is 9.98 Å². The molecule has 5 nitrogen and oxygen atoms in total. The second kappa shape index (κ2) is 7.23. The fourth-order valence-corrected chi connectivity index (χ4v) is 2.77. The lowest BCUT2D eigenvalue weighted by Crippen LogP contribution is -2.42. The summed E-state index contributed by atoms with van der Waals surface area (Å²) in [5.74, 6) is 3.50. The molecule has 104 valence electrons. The molecule has 0 radical (unpaired) electrons. The molecule has 1 saturated heterocycles. The van der Waals surface area contributed by atoms with Gasteiger partial charge in [0.25, 0.3) is 0 Å². The highest BCUT2D eigenvalue weighted by atomic mass is 32.2. The Labute approximate surface area is 118 Å². The van der Waals surface area contributed by atoms with Crippen LogP contribution < -0.4 is 10.5 Å². The molecule has 19 heavy (non-hydrogen) atoms. The highest BCUT2D eigenvalue weighted by Gasteiger charge is 2.12. The number of pyridine rings is 1. The Balaban J connectivity index is 2.00. The van der Waals surface area contributed by atoms with Crippen molar-refractivity contribution in [1.29, 1.82) is 0 Å². The van der Waals surface area contributed by atoms with Crippen molar-refractivity contribution in [3.8, 4) is 5.88 Å². The zero-order valence-corrected chi connectivity index (χ0v) is 12.0. The van der Waals surface area contributed by atoms with Crippen LogP contribution in [0.15, 0.2) is 23.3 Å². The van der Waals surface area contributed by atoms with Gasteiger partial charge in [0.1, 0.15) is 0 Å². The van der Waals surface area contributed by atoms with E-state index in [0.717, 1.165) is 30.2 Å².